The van der Waals surface area contributed by atoms with Crippen molar-refractivity contribution in [3.8, 4) is 0 Å². The number of aromatic nitrogens is 1. The number of hydrogen-bond acceptors (Lipinski definition) is 3. The van der Waals surface area contributed by atoms with Gasteiger partial charge in [0.15, 0.2) is 0 Å². The van der Waals surface area contributed by atoms with Gasteiger partial charge in [-0.2, -0.15) is 13.2 Å². The van der Waals surface area contributed by atoms with Crippen LogP contribution in [0.25, 0.3) is 0 Å². The molecule has 3 nitrogen and oxygen atoms in total. The summed E-state index contributed by atoms with van der Waals surface area (Å²) in [6, 6.07) is 7.87. The third-order valence-electron chi connectivity index (χ3n) is 3.96. The molecule has 2 heterocycles. The van der Waals surface area contributed by atoms with E-state index in [0.717, 1.165) is 23.9 Å². The first-order valence-electron chi connectivity index (χ1n) is 8.01. The Morgan fingerprint density at radius 2 is 1.88 bits per heavy atom. The average molecular weight is 380 g/mol. The van der Waals surface area contributed by atoms with E-state index in [0.29, 0.717) is 18.7 Å². The molecule has 0 saturated heterocycles. The van der Waals surface area contributed by atoms with Gasteiger partial charge in [0, 0.05) is 31.2 Å². The van der Waals surface area contributed by atoms with Gasteiger partial charge < -0.3 is 10.2 Å². The first-order valence-corrected chi connectivity index (χ1v) is 8.39. The van der Waals surface area contributed by atoms with Crippen molar-refractivity contribution in [3.05, 3.63) is 88.5 Å². The second-order valence-electron chi connectivity index (χ2n) is 5.96. The lowest BCUT2D eigenvalue weighted by molar-refractivity contribution is -0.137. The maximum atomic E-state index is 12.9. The molecule has 0 atom stereocenters. The molecule has 0 amide bonds. The molecule has 26 heavy (non-hydrogen) atoms. The van der Waals surface area contributed by atoms with Gasteiger partial charge in [-0.15, -0.1) is 0 Å². The van der Waals surface area contributed by atoms with Crippen molar-refractivity contribution in [2.45, 2.75) is 19.3 Å². The Morgan fingerprint density at radius 1 is 1.12 bits per heavy atom. The highest BCUT2D eigenvalue weighted by atomic mass is 35.5. The molecule has 136 valence electrons. The topological polar surface area (TPSA) is 28.2 Å². The minimum Gasteiger partial charge on any atom is -0.383 e. The number of nitrogens with zero attached hydrogens (tertiary/aromatic N) is 2. The molecule has 1 N–H and O–H groups in total. The quantitative estimate of drug-likeness (QED) is 0.812. The summed E-state index contributed by atoms with van der Waals surface area (Å²) in [6.07, 6.45) is 4.85. The number of rotatable bonds is 5. The number of halogens is 4. The van der Waals surface area contributed by atoms with E-state index in [-0.39, 0.29) is 5.02 Å². The van der Waals surface area contributed by atoms with Gasteiger partial charge in [0.25, 0.3) is 0 Å². The van der Waals surface area contributed by atoms with Crippen LogP contribution in [-0.2, 0) is 19.3 Å². The van der Waals surface area contributed by atoms with Crippen LogP contribution in [-0.4, -0.2) is 16.4 Å². The normalized spacial score (nSPS) is 14.3. The fourth-order valence-electron chi connectivity index (χ4n) is 2.67. The second kappa shape index (κ2) is 7.83. The molecule has 1 aromatic heterocycles. The van der Waals surface area contributed by atoms with E-state index < -0.39 is 11.7 Å². The Morgan fingerprint density at radius 3 is 2.62 bits per heavy atom. The van der Waals surface area contributed by atoms with Gasteiger partial charge in [0.1, 0.15) is 0 Å². The Balaban J connectivity index is 1.60. The van der Waals surface area contributed by atoms with Crippen LogP contribution in [0.5, 0.6) is 0 Å². The lowest BCUT2D eigenvalue weighted by atomic mass is 10.1. The van der Waals surface area contributed by atoms with Crippen LogP contribution in [0.2, 0.25) is 5.02 Å². The largest absolute Gasteiger partial charge is 0.417 e. The number of pyridine rings is 1. The molecule has 0 aliphatic carbocycles. The van der Waals surface area contributed by atoms with Gasteiger partial charge in [-0.1, -0.05) is 17.7 Å². The van der Waals surface area contributed by atoms with E-state index in [4.69, 9.17) is 11.6 Å². The van der Waals surface area contributed by atoms with Gasteiger partial charge >= 0.3 is 6.18 Å². The Labute approximate surface area is 154 Å². The van der Waals surface area contributed by atoms with E-state index >= 15 is 0 Å². The van der Waals surface area contributed by atoms with E-state index in [1.165, 1.54) is 6.07 Å². The van der Waals surface area contributed by atoms with Crippen LogP contribution in [0, 0.1) is 0 Å². The van der Waals surface area contributed by atoms with Gasteiger partial charge in [-0.3, -0.25) is 4.98 Å². The van der Waals surface area contributed by atoms with E-state index in [9.17, 15) is 13.2 Å². The predicted molar refractivity (Wildman–Crippen MR) is 95.2 cm³/mol. The summed E-state index contributed by atoms with van der Waals surface area (Å²) < 4.78 is 38.8. The molecule has 7 heteroatoms. The highest BCUT2D eigenvalue weighted by Crippen LogP contribution is 2.35. The molecular formula is C19H17ClF3N3. The SMILES string of the molecule is FC(F)(F)c1cc(CNC2=CC=CN(Cc3ccncc3)C2)ccc1Cl. The van der Waals surface area contributed by atoms with E-state index in [1.54, 1.807) is 18.5 Å². The fourth-order valence-corrected chi connectivity index (χ4v) is 2.89. The van der Waals surface area contributed by atoms with Crippen LogP contribution in [0.4, 0.5) is 13.2 Å². The first kappa shape index (κ1) is 18.3. The summed E-state index contributed by atoms with van der Waals surface area (Å²) in [5.74, 6) is 0. The summed E-state index contributed by atoms with van der Waals surface area (Å²) in [6.45, 7) is 1.68. The minimum atomic E-state index is -4.46. The van der Waals surface area contributed by atoms with Crippen LogP contribution >= 0.6 is 11.6 Å². The van der Waals surface area contributed by atoms with Crippen LogP contribution in [0.15, 0.2) is 66.8 Å². The zero-order valence-corrected chi connectivity index (χ0v) is 14.6. The molecule has 1 aromatic carbocycles. The highest BCUT2D eigenvalue weighted by Gasteiger charge is 2.33. The molecule has 0 saturated carbocycles. The van der Waals surface area contributed by atoms with Crippen molar-refractivity contribution >= 4 is 11.6 Å². The summed E-state index contributed by atoms with van der Waals surface area (Å²) in [5, 5.41) is 2.91. The van der Waals surface area contributed by atoms with Gasteiger partial charge in [-0.25, -0.2) is 0 Å². The van der Waals surface area contributed by atoms with Crippen molar-refractivity contribution in [2.24, 2.45) is 0 Å². The van der Waals surface area contributed by atoms with Crippen LogP contribution < -0.4 is 5.32 Å². The fraction of sp³-hybridized carbons (Fsp3) is 0.211. The molecular weight excluding hydrogens is 363 g/mol. The van der Waals surface area contributed by atoms with Gasteiger partial charge in [0.2, 0.25) is 0 Å². The smallest absolute Gasteiger partial charge is 0.383 e. The summed E-state index contributed by atoms with van der Waals surface area (Å²) >= 11 is 5.65. The summed E-state index contributed by atoms with van der Waals surface area (Å²) in [5.41, 5.74) is 1.79. The zero-order chi connectivity index (χ0) is 18.6. The standard InChI is InChI=1S/C19H17ClF3N3/c20-18-4-3-15(10-17(18)19(21,22)23)11-25-16-2-1-9-26(13-16)12-14-5-7-24-8-6-14/h1-10,25H,11-13H2. The molecule has 0 unspecified atom stereocenters. The first-order chi connectivity index (χ1) is 12.4. The molecule has 0 bridgehead atoms. The van der Waals surface area contributed by atoms with Crippen molar-refractivity contribution in [3.63, 3.8) is 0 Å². The molecule has 1 aliphatic rings. The Kier molecular flexibility index (Phi) is 5.52. The number of nitrogens with one attached hydrogen (secondary N) is 1. The molecule has 1 aliphatic heterocycles. The van der Waals surface area contributed by atoms with Crippen molar-refractivity contribution in [1.82, 2.24) is 15.2 Å². The number of alkyl halides is 3. The summed E-state index contributed by atoms with van der Waals surface area (Å²) in [4.78, 5) is 6.11. The summed E-state index contributed by atoms with van der Waals surface area (Å²) in [7, 11) is 0. The maximum Gasteiger partial charge on any atom is 0.417 e. The number of allylic oxidation sites excluding steroid dienone is 2. The molecule has 0 radical (unpaired) electrons. The van der Waals surface area contributed by atoms with Crippen molar-refractivity contribution in [2.75, 3.05) is 6.54 Å². The molecule has 0 spiro atoms. The van der Waals surface area contributed by atoms with Crippen LogP contribution in [0.1, 0.15) is 16.7 Å². The van der Waals surface area contributed by atoms with Crippen LogP contribution in [0.3, 0.4) is 0 Å². The third-order valence-corrected chi connectivity index (χ3v) is 4.29. The third kappa shape index (κ3) is 4.79. The van der Waals surface area contributed by atoms with Gasteiger partial charge in [-0.05, 0) is 53.7 Å². The minimum absolute atomic E-state index is 0.287. The molecule has 0 fully saturated rings. The molecule has 2 aromatic rings. The predicted octanol–water partition coefficient (Wildman–Crippen LogP) is 4.76. The van der Waals surface area contributed by atoms with Crippen molar-refractivity contribution < 1.29 is 13.2 Å². The lowest BCUT2D eigenvalue weighted by Crippen LogP contribution is -2.28. The Bertz CT molecular complexity index is 817. The van der Waals surface area contributed by atoms with Crippen molar-refractivity contribution in [1.29, 1.82) is 0 Å². The zero-order valence-electron chi connectivity index (χ0n) is 13.8. The lowest BCUT2D eigenvalue weighted by Gasteiger charge is -2.25. The number of hydrogen-bond donors (Lipinski definition) is 1. The second-order valence-corrected chi connectivity index (χ2v) is 6.37. The molecule has 3 rings (SSSR count). The number of benzene rings is 1. The maximum absolute atomic E-state index is 12.9. The van der Waals surface area contributed by atoms with Gasteiger partial charge in [0.05, 0.1) is 17.1 Å². The average Bonchev–Trinajstić information content (AvgIpc) is 2.61. The van der Waals surface area contributed by atoms with E-state index in [2.05, 4.69) is 15.2 Å². The monoisotopic (exact) mass is 379 g/mol. The Hall–Kier alpha value is -2.47. The highest BCUT2D eigenvalue weighted by molar-refractivity contribution is 6.31. The van der Waals surface area contributed by atoms with E-state index in [1.807, 2.05) is 30.5 Å².